The maximum absolute atomic E-state index is 11.4. The number of aliphatic carboxylic acids is 1. The fourth-order valence-electron chi connectivity index (χ4n) is 4.14. The molecule has 1 fully saturated rings. The second kappa shape index (κ2) is 8.07. The molecule has 0 spiro atoms. The van der Waals surface area contributed by atoms with E-state index in [2.05, 4.69) is 15.2 Å². The van der Waals surface area contributed by atoms with Crippen molar-refractivity contribution in [2.24, 2.45) is 0 Å². The van der Waals surface area contributed by atoms with Gasteiger partial charge in [0.2, 0.25) is 5.88 Å². The van der Waals surface area contributed by atoms with Gasteiger partial charge in [-0.15, -0.1) is 0 Å². The smallest absolute Gasteiger partial charge is 0.323 e. The summed E-state index contributed by atoms with van der Waals surface area (Å²) in [6.45, 7) is 1.44. The van der Waals surface area contributed by atoms with Crippen LogP contribution in [0.5, 0.6) is 5.88 Å². The predicted octanol–water partition coefficient (Wildman–Crippen LogP) is 4.03. The van der Waals surface area contributed by atoms with Crippen molar-refractivity contribution in [3.05, 3.63) is 70.6 Å². The molecule has 0 amide bonds. The quantitative estimate of drug-likeness (QED) is 0.561. The summed E-state index contributed by atoms with van der Waals surface area (Å²) in [6, 6.07) is 16.1. The summed E-state index contributed by atoms with van der Waals surface area (Å²) in [5, 5.41) is 13.2. The van der Waals surface area contributed by atoms with Gasteiger partial charge in [0.1, 0.15) is 11.4 Å². The highest BCUT2D eigenvalue weighted by Crippen LogP contribution is 2.40. The molecule has 2 heterocycles. The van der Waals surface area contributed by atoms with Crippen molar-refractivity contribution in [2.75, 3.05) is 12.0 Å². The summed E-state index contributed by atoms with van der Waals surface area (Å²) in [6.07, 6.45) is 1.24. The Morgan fingerprint density at radius 1 is 1.16 bits per heavy atom. The summed E-state index contributed by atoms with van der Waals surface area (Å²) in [4.78, 5) is 22.8. The van der Waals surface area contributed by atoms with E-state index in [1.54, 1.807) is 7.11 Å². The first kappa shape index (κ1) is 20.7. The first-order valence-corrected chi connectivity index (χ1v) is 10.9. The molecule has 5 rings (SSSR count). The van der Waals surface area contributed by atoms with Gasteiger partial charge < -0.3 is 14.7 Å². The van der Waals surface area contributed by atoms with E-state index in [0.29, 0.717) is 42.7 Å². The number of methoxy groups -OCH3 is 1. The van der Waals surface area contributed by atoms with E-state index in [1.165, 1.54) is 0 Å². The van der Waals surface area contributed by atoms with Crippen LogP contribution in [-0.2, 0) is 24.4 Å². The van der Waals surface area contributed by atoms with Crippen molar-refractivity contribution >= 4 is 23.3 Å². The van der Waals surface area contributed by atoms with Crippen LogP contribution in [-0.4, -0.2) is 33.7 Å². The van der Waals surface area contributed by atoms with Crippen LogP contribution in [0.25, 0.3) is 11.1 Å². The molecule has 0 atom stereocenters. The van der Waals surface area contributed by atoms with Crippen LogP contribution in [0.3, 0.4) is 0 Å². The van der Waals surface area contributed by atoms with Gasteiger partial charge in [0, 0.05) is 5.56 Å². The number of benzene rings is 2. The molecular weight excluding hydrogens is 428 g/mol. The SMILES string of the molecule is COc1nc(CNC2(C(=O)O)CC2)nc2c1CN(c1cccc(-c3ccccc3)c1Cl)C2. The molecule has 1 aliphatic heterocycles. The second-order valence-corrected chi connectivity index (χ2v) is 8.55. The zero-order valence-corrected chi connectivity index (χ0v) is 18.4. The highest BCUT2D eigenvalue weighted by atomic mass is 35.5. The maximum atomic E-state index is 11.4. The average Bonchev–Trinajstić information content (AvgIpc) is 3.49. The van der Waals surface area contributed by atoms with Crippen LogP contribution in [0.15, 0.2) is 48.5 Å². The molecule has 164 valence electrons. The standard InChI is InChI=1S/C24H23ClN4O3/c1-32-22-17-13-29(19-9-5-8-16(21(19)25)15-6-3-2-4-7-15)14-18(17)27-20(28-22)12-26-24(10-11-24)23(30)31/h2-9,26H,10-14H2,1H3,(H,30,31). The van der Waals surface area contributed by atoms with Gasteiger partial charge >= 0.3 is 5.97 Å². The van der Waals surface area contributed by atoms with Crippen molar-refractivity contribution in [1.82, 2.24) is 15.3 Å². The Labute approximate surface area is 191 Å². The average molecular weight is 451 g/mol. The van der Waals surface area contributed by atoms with Crippen LogP contribution >= 0.6 is 11.6 Å². The molecule has 0 unspecified atom stereocenters. The third-order valence-corrected chi connectivity index (χ3v) is 6.53. The van der Waals surface area contributed by atoms with E-state index in [9.17, 15) is 9.90 Å². The number of fused-ring (bicyclic) bond motifs is 1. The lowest BCUT2D eigenvalue weighted by atomic mass is 10.0. The van der Waals surface area contributed by atoms with Crippen LogP contribution in [0.1, 0.15) is 29.9 Å². The number of carbonyl (C=O) groups is 1. The number of aromatic nitrogens is 2. The Kier molecular flexibility index (Phi) is 5.23. The number of anilines is 1. The monoisotopic (exact) mass is 450 g/mol. The molecule has 2 N–H and O–H groups in total. The highest BCUT2D eigenvalue weighted by Gasteiger charge is 2.50. The van der Waals surface area contributed by atoms with Gasteiger partial charge in [-0.25, -0.2) is 4.98 Å². The molecule has 32 heavy (non-hydrogen) atoms. The zero-order chi connectivity index (χ0) is 22.3. The normalized spacial score (nSPS) is 16.0. The van der Waals surface area contributed by atoms with Gasteiger partial charge in [-0.05, 0) is 24.5 Å². The van der Waals surface area contributed by atoms with E-state index in [1.807, 2.05) is 48.5 Å². The topological polar surface area (TPSA) is 87.6 Å². The summed E-state index contributed by atoms with van der Waals surface area (Å²) >= 11 is 6.83. The third-order valence-electron chi connectivity index (χ3n) is 6.13. The number of hydrogen-bond donors (Lipinski definition) is 2. The lowest BCUT2D eigenvalue weighted by molar-refractivity contribution is -0.140. The number of nitrogens with one attached hydrogen (secondary N) is 1. The number of carboxylic acids is 1. The van der Waals surface area contributed by atoms with Crippen molar-refractivity contribution in [3.63, 3.8) is 0 Å². The van der Waals surface area contributed by atoms with Crippen LogP contribution < -0.4 is 15.0 Å². The van der Waals surface area contributed by atoms with Gasteiger partial charge in [0.25, 0.3) is 0 Å². The molecule has 7 nitrogen and oxygen atoms in total. The molecule has 2 aliphatic rings. The molecule has 2 aromatic carbocycles. The number of carboxylic acid groups (broad SMARTS) is 1. The van der Waals surface area contributed by atoms with Gasteiger partial charge in [0.15, 0.2) is 0 Å². The van der Waals surface area contributed by atoms with E-state index < -0.39 is 11.5 Å². The zero-order valence-electron chi connectivity index (χ0n) is 17.6. The first-order valence-electron chi connectivity index (χ1n) is 10.5. The van der Waals surface area contributed by atoms with Crippen LogP contribution in [0.2, 0.25) is 5.02 Å². The Morgan fingerprint density at radius 2 is 1.94 bits per heavy atom. The summed E-state index contributed by atoms with van der Waals surface area (Å²) in [7, 11) is 1.59. The second-order valence-electron chi connectivity index (χ2n) is 8.18. The Hall–Kier alpha value is -3.16. The van der Waals surface area contributed by atoms with Gasteiger partial charge in [-0.2, -0.15) is 4.98 Å². The first-order chi connectivity index (χ1) is 15.5. The molecule has 1 aliphatic carbocycles. The van der Waals surface area contributed by atoms with Crippen molar-refractivity contribution in [3.8, 4) is 17.0 Å². The number of ether oxygens (including phenoxy) is 1. The van der Waals surface area contributed by atoms with Crippen molar-refractivity contribution < 1.29 is 14.6 Å². The predicted molar refractivity (Wildman–Crippen MR) is 122 cm³/mol. The third kappa shape index (κ3) is 3.67. The molecular formula is C24H23ClN4O3. The molecule has 0 saturated heterocycles. The minimum Gasteiger partial charge on any atom is -0.481 e. The highest BCUT2D eigenvalue weighted by molar-refractivity contribution is 6.36. The number of nitrogens with zero attached hydrogens (tertiary/aromatic N) is 3. The number of rotatable bonds is 7. The molecule has 3 aromatic rings. The minimum absolute atomic E-state index is 0.278. The van der Waals surface area contributed by atoms with Crippen LogP contribution in [0.4, 0.5) is 5.69 Å². The van der Waals surface area contributed by atoms with E-state index in [-0.39, 0.29) is 6.54 Å². The Balaban J connectivity index is 1.41. The lowest BCUT2D eigenvalue weighted by Gasteiger charge is -2.20. The van der Waals surface area contributed by atoms with Gasteiger partial charge in [-0.3, -0.25) is 10.1 Å². The molecule has 8 heteroatoms. The molecule has 0 bridgehead atoms. The van der Waals surface area contributed by atoms with Crippen LogP contribution in [0, 0.1) is 0 Å². The Morgan fingerprint density at radius 3 is 2.62 bits per heavy atom. The maximum Gasteiger partial charge on any atom is 0.323 e. The Bertz CT molecular complexity index is 1180. The lowest BCUT2D eigenvalue weighted by Crippen LogP contribution is -2.39. The number of halogens is 1. The van der Waals surface area contributed by atoms with Gasteiger partial charge in [-0.1, -0.05) is 54.1 Å². The van der Waals surface area contributed by atoms with Crippen molar-refractivity contribution in [2.45, 2.75) is 38.0 Å². The molecule has 1 saturated carbocycles. The summed E-state index contributed by atoms with van der Waals surface area (Å²) in [5.74, 6) is 0.216. The minimum atomic E-state index is -0.840. The molecule has 0 radical (unpaired) electrons. The summed E-state index contributed by atoms with van der Waals surface area (Å²) in [5.41, 5.74) is 3.93. The largest absolute Gasteiger partial charge is 0.481 e. The van der Waals surface area contributed by atoms with Gasteiger partial charge in [0.05, 0.1) is 48.7 Å². The van der Waals surface area contributed by atoms with E-state index >= 15 is 0 Å². The van der Waals surface area contributed by atoms with E-state index in [0.717, 1.165) is 28.1 Å². The fraction of sp³-hybridized carbons (Fsp3) is 0.292. The van der Waals surface area contributed by atoms with Crippen molar-refractivity contribution in [1.29, 1.82) is 0 Å². The number of hydrogen-bond acceptors (Lipinski definition) is 6. The summed E-state index contributed by atoms with van der Waals surface area (Å²) < 4.78 is 5.55. The molecule has 1 aromatic heterocycles. The fourth-order valence-corrected chi connectivity index (χ4v) is 4.49. The van der Waals surface area contributed by atoms with E-state index in [4.69, 9.17) is 21.3 Å².